The number of aromatic nitrogens is 2. The summed E-state index contributed by atoms with van der Waals surface area (Å²) < 4.78 is 1.50. The second kappa shape index (κ2) is 2.33. The number of nitrogens with two attached hydrogens (primary N) is 1. The fraction of sp³-hybridized carbons (Fsp3) is 0. The molecule has 0 radical (unpaired) electrons. The van der Waals surface area contributed by atoms with E-state index in [0.29, 0.717) is 5.15 Å². The molecule has 1 aromatic rings. The lowest BCUT2D eigenvalue weighted by Crippen LogP contribution is -2.09. The fourth-order valence-corrected chi connectivity index (χ4v) is 0.738. The monoisotopic (exact) mass is 161 g/mol. The summed E-state index contributed by atoms with van der Waals surface area (Å²) >= 11 is 10.2. The first kappa shape index (κ1) is 6.51. The number of halogens is 1. The Hall–Kier alpha value is -0.610. The van der Waals surface area contributed by atoms with Crippen LogP contribution in [0.1, 0.15) is 0 Å². The van der Waals surface area contributed by atoms with Crippen molar-refractivity contribution in [1.82, 2.24) is 9.66 Å². The number of hydrogen-bond acceptors (Lipinski definition) is 3. The van der Waals surface area contributed by atoms with Gasteiger partial charge in [-0.1, -0.05) is 11.6 Å². The van der Waals surface area contributed by atoms with Crippen LogP contribution in [0.15, 0.2) is 12.3 Å². The van der Waals surface area contributed by atoms with Crippen LogP contribution in [-0.4, -0.2) is 9.66 Å². The Morgan fingerprint density at radius 1 is 1.78 bits per heavy atom. The van der Waals surface area contributed by atoms with Gasteiger partial charge in [0.05, 0.1) is 0 Å². The predicted molar refractivity (Wildman–Crippen MR) is 38.2 cm³/mol. The minimum atomic E-state index is 0.280. The van der Waals surface area contributed by atoms with E-state index in [2.05, 4.69) is 17.2 Å². The Labute approximate surface area is 62.1 Å². The van der Waals surface area contributed by atoms with E-state index in [0.717, 1.165) is 0 Å². The van der Waals surface area contributed by atoms with E-state index in [9.17, 15) is 0 Å². The maximum Gasteiger partial charge on any atom is 0.219 e. The molecule has 0 amide bonds. The lowest BCUT2D eigenvalue weighted by molar-refractivity contribution is 0.911. The Bertz CT molecular complexity index is 269. The predicted octanol–water partition coefficient (Wildman–Crippen LogP) is 0.980. The van der Waals surface area contributed by atoms with Crippen LogP contribution in [0.4, 0.5) is 0 Å². The summed E-state index contributed by atoms with van der Waals surface area (Å²) in [6, 6.07) is 1.57. The molecule has 0 aliphatic rings. The number of nitrogen functional groups attached to an aromatic ring is 1. The highest BCUT2D eigenvalue weighted by molar-refractivity contribution is 7.71. The molecule has 0 unspecified atom stereocenters. The van der Waals surface area contributed by atoms with E-state index in [4.69, 9.17) is 17.4 Å². The van der Waals surface area contributed by atoms with E-state index in [-0.39, 0.29) is 4.77 Å². The summed E-state index contributed by atoms with van der Waals surface area (Å²) in [7, 11) is 0. The van der Waals surface area contributed by atoms with Gasteiger partial charge in [0.2, 0.25) is 4.77 Å². The van der Waals surface area contributed by atoms with Crippen LogP contribution >= 0.6 is 23.8 Å². The molecule has 5 heteroatoms. The van der Waals surface area contributed by atoms with E-state index in [1.165, 1.54) is 4.68 Å². The summed E-state index contributed by atoms with van der Waals surface area (Å²) in [5, 5.41) is 0.363. The maximum atomic E-state index is 5.47. The van der Waals surface area contributed by atoms with Crippen molar-refractivity contribution < 1.29 is 0 Å². The van der Waals surface area contributed by atoms with E-state index < -0.39 is 0 Å². The molecule has 1 aromatic heterocycles. The van der Waals surface area contributed by atoms with Gasteiger partial charge in [-0.2, -0.15) is 0 Å². The molecule has 0 aliphatic carbocycles. The van der Waals surface area contributed by atoms with Gasteiger partial charge in [0, 0.05) is 6.20 Å². The normalized spacial score (nSPS) is 9.44. The van der Waals surface area contributed by atoms with E-state index in [1.54, 1.807) is 12.3 Å². The van der Waals surface area contributed by atoms with Gasteiger partial charge in [0.1, 0.15) is 5.15 Å². The SMILES string of the molecule is Nn1ccc(Cl)nc1=S. The van der Waals surface area contributed by atoms with Crippen molar-refractivity contribution in [3.63, 3.8) is 0 Å². The summed E-state index contributed by atoms with van der Waals surface area (Å²) in [4.78, 5) is 3.69. The van der Waals surface area contributed by atoms with Gasteiger partial charge >= 0.3 is 0 Å². The molecule has 9 heavy (non-hydrogen) atoms. The van der Waals surface area contributed by atoms with Crippen LogP contribution < -0.4 is 5.84 Å². The van der Waals surface area contributed by atoms with Gasteiger partial charge in [0.15, 0.2) is 0 Å². The molecule has 2 N–H and O–H groups in total. The van der Waals surface area contributed by atoms with Crippen LogP contribution in [0.2, 0.25) is 5.15 Å². The summed E-state index contributed by atoms with van der Waals surface area (Å²) in [6.45, 7) is 0. The Kier molecular flexibility index (Phi) is 1.68. The van der Waals surface area contributed by atoms with Crippen LogP contribution in [0.5, 0.6) is 0 Å². The molecule has 0 aromatic carbocycles. The highest BCUT2D eigenvalue weighted by Crippen LogP contribution is 1.99. The molecule has 0 saturated heterocycles. The van der Waals surface area contributed by atoms with E-state index >= 15 is 0 Å². The van der Waals surface area contributed by atoms with Crippen molar-refractivity contribution in [1.29, 1.82) is 0 Å². The fourth-order valence-electron chi connectivity index (χ4n) is 0.392. The maximum absolute atomic E-state index is 5.47. The summed E-state index contributed by atoms with van der Waals surface area (Å²) in [6.07, 6.45) is 1.55. The lowest BCUT2D eigenvalue weighted by Gasteiger charge is -1.94. The second-order valence-corrected chi connectivity index (χ2v) is 2.19. The zero-order chi connectivity index (χ0) is 6.85. The molecular formula is C4H4ClN3S. The molecule has 0 fully saturated rings. The van der Waals surface area contributed by atoms with Gasteiger partial charge in [-0.15, -0.1) is 0 Å². The quantitative estimate of drug-likeness (QED) is 0.351. The highest BCUT2D eigenvalue weighted by Gasteiger charge is 1.87. The topological polar surface area (TPSA) is 43.8 Å². The van der Waals surface area contributed by atoms with Crippen molar-refractivity contribution in [3.8, 4) is 0 Å². The molecule has 0 bridgehead atoms. The van der Waals surface area contributed by atoms with Crippen molar-refractivity contribution >= 4 is 23.8 Å². The molecular weight excluding hydrogens is 158 g/mol. The third-order valence-electron chi connectivity index (χ3n) is 0.796. The average Bonchev–Trinajstić information content (AvgIpc) is 1.80. The number of rotatable bonds is 0. The van der Waals surface area contributed by atoms with Crippen LogP contribution in [0, 0.1) is 4.77 Å². The van der Waals surface area contributed by atoms with Gasteiger partial charge in [-0.05, 0) is 18.3 Å². The largest absolute Gasteiger partial charge is 0.337 e. The Balaban J connectivity index is 3.34. The zero-order valence-corrected chi connectivity index (χ0v) is 5.99. The van der Waals surface area contributed by atoms with Crippen molar-refractivity contribution in [2.24, 2.45) is 0 Å². The first-order valence-corrected chi connectivity index (χ1v) is 2.99. The average molecular weight is 162 g/mol. The smallest absolute Gasteiger partial charge is 0.219 e. The molecule has 0 spiro atoms. The molecule has 3 nitrogen and oxygen atoms in total. The van der Waals surface area contributed by atoms with E-state index in [1.807, 2.05) is 0 Å². The highest BCUT2D eigenvalue weighted by atomic mass is 35.5. The summed E-state index contributed by atoms with van der Waals surface area (Å²) in [5.74, 6) is 5.28. The molecule has 1 heterocycles. The number of hydrogen-bond donors (Lipinski definition) is 1. The molecule has 0 atom stereocenters. The lowest BCUT2D eigenvalue weighted by atomic mass is 10.7. The van der Waals surface area contributed by atoms with Crippen molar-refractivity contribution in [2.45, 2.75) is 0 Å². The molecule has 1 rings (SSSR count). The standard InChI is InChI=1S/C4H4ClN3S/c5-3-1-2-8(6)4(9)7-3/h1-2H,6H2. The zero-order valence-electron chi connectivity index (χ0n) is 4.41. The van der Waals surface area contributed by atoms with Gasteiger partial charge in [0.25, 0.3) is 0 Å². The first-order valence-electron chi connectivity index (χ1n) is 2.20. The first-order chi connectivity index (χ1) is 4.20. The van der Waals surface area contributed by atoms with Gasteiger partial charge in [-0.25, -0.2) is 9.66 Å². The van der Waals surface area contributed by atoms with Crippen molar-refractivity contribution in [2.75, 3.05) is 5.84 Å². The van der Waals surface area contributed by atoms with Crippen LogP contribution in [-0.2, 0) is 0 Å². The summed E-state index contributed by atoms with van der Waals surface area (Å²) in [5.41, 5.74) is 0. The van der Waals surface area contributed by atoms with Crippen LogP contribution in [0.25, 0.3) is 0 Å². The van der Waals surface area contributed by atoms with Gasteiger partial charge < -0.3 is 5.84 Å². The van der Waals surface area contributed by atoms with Crippen LogP contribution in [0.3, 0.4) is 0 Å². The third kappa shape index (κ3) is 1.40. The number of nitrogens with zero attached hydrogens (tertiary/aromatic N) is 2. The second-order valence-electron chi connectivity index (χ2n) is 1.44. The molecule has 48 valence electrons. The Morgan fingerprint density at radius 3 is 2.89 bits per heavy atom. The third-order valence-corrected chi connectivity index (χ3v) is 1.31. The van der Waals surface area contributed by atoms with Gasteiger partial charge in [-0.3, -0.25) is 0 Å². The minimum Gasteiger partial charge on any atom is -0.337 e. The molecule has 0 saturated carbocycles. The van der Waals surface area contributed by atoms with Crippen molar-refractivity contribution in [3.05, 3.63) is 22.2 Å². The Morgan fingerprint density at radius 2 is 2.44 bits per heavy atom. The minimum absolute atomic E-state index is 0.280. The molecule has 0 aliphatic heterocycles.